The van der Waals surface area contributed by atoms with Gasteiger partial charge in [0.25, 0.3) is 0 Å². The lowest BCUT2D eigenvalue weighted by Crippen LogP contribution is -2.45. The van der Waals surface area contributed by atoms with E-state index in [9.17, 15) is 14.4 Å². The number of cyclic esters (lactones) is 2. The summed E-state index contributed by atoms with van der Waals surface area (Å²) in [4.78, 5) is 33.8. The van der Waals surface area contributed by atoms with Gasteiger partial charge in [0, 0.05) is 13.0 Å². The van der Waals surface area contributed by atoms with E-state index in [0.717, 1.165) is 19.3 Å². The Balaban J connectivity index is 1.99. The topological polar surface area (TPSA) is 103 Å². The van der Waals surface area contributed by atoms with Crippen LogP contribution in [0.15, 0.2) is 0 Å². The molecule has 0 aromatic heterocycles. The van der Waals surface area contributed by atoms with Crippen molar-refractivity contribution < 1.29 is 28.6 Å². The van der Waals surface area contributed by atoms with E-state index in [4.69, 9.17) is 4.74 Å². The van der Waals surface area contributed by atoms with E-state index in [2.05, 4.69) is 20.1 Å². The maximum Gasteiger partial charge on any atom is 0.508 e. The van der Waals surface area contributed by atoms with Gasteiger partial charge in [-0.1, -0.05) is 6.42 Å². The van der Waals surface area contributed by atoms with Crippen molar-refractivity contribution in [3.8, 4) is 0 Å². The third kappa shape index (κ3) is 9.59. The van der Waals surface area contributed by atoms with Crippen molar-refractivity contribution in [3.63, 3.8) is 0 Å². The molecule has 0 saturated carbocycles. The van der Waals surface area contributed by atoms with Gasteiger partial charge in [0.1, 0.15) is 18.8 Å². The zero-order chi connectivity index (χ0) is 17.3. The number of alkyl carbamates (subject to hydrolysis) is 1. The predicted octanol–water partition coefficient (Wildman–Crippen LogP) is 1.72. The molecular formula is C15H26N2O6. The quantitative estimate of drug-likeness (QED) is 0.544. The number of amides is 2. The molecule has 0 unspecified atom stereocenters. The fourth-order valence-electron chi connectivity index (χ4n) is 1.90. The molecule has 1 heterocycles. The van der Waals surface area contributed by atoms with E-state index in [1.807, 2.05) is 20.8 Å². The van der Waals surface area contributed by atoms with E-state index in [-0.39, 0.29) is 25.2 Å². The first-order valence-corrected chi connectivity index (χ1v) is 7.82. The van der Waals surface area contributed by atoms with E-state index in [0.29, 0.717) is 13.0 Å². The van der Waals surface area contributed by atoms with Crippen molar-refractivity contribution in [2.45, 2.75) is 58.1 Å². The Bertz CT molecular complexity index is 409. The summed E-state index contributed by atoms with van der Waals surface area (Å²) in [7, 11) is 0. The summed E-state index contributed by atoms with van der Waals surface area (Å²) in [5.74, 6) is -0.100. The van der Waals surface area contributed by atoms with E-state index >= 15 is 0 Å². The summed E-state index contributed by atoms with van der Waals surface area (Å²) in [6, 6.07) is -0.283. The summed E-state index contributed by atoms with van der Waals surface area (Å²) in [6.45, 7) is 6.23. The highest BCUT2D eigenvalue weighted by Gasteiger charge is 2.22. The Labute approximate surface area is 136 Å². The molecule has 0 aromatic carbocycles. The van der Waals surface area contributed by atoms with Crippen molar-refractivity contribution >= 4 is 18.2 Å². The monoisotopic (exact) mass is 330 g/mol. The van der Waals surface area contributed by atoms with Crippen LogP contribution >= 0.6 is 0 Å². The molecule has 0 spiro atoms. The van der Waals surface area contributed by atoms with Crippen molar-refractivity contribution in [1.29, 1.82) is 0 Å². The van der Waals surface area contributed by atoms with Gasteiger partial charge in [-0.2, -0.15) is 0 Å². The average molecular weight is 330 g/mol. The Kier molecular flexibility index (Phi) is 7.64. The zero-order valence-corrected chi connectivity index (χ0v) is 14.0. The summed E-state index contributed by atoms with van der Waals surface area (Å²) in [5.41, 5.74) is -0.501. The Morgan fingerprint density at radius 2 is 1.83 bits per heavy atom. The van der Waals surface area contributed by atoms with Crippen LogP contribution in [0.25, 0.3) is 0 Å². The normalized spacial score (nSPS) is 15.3. The van der Waals surface area contributed by atoms with Crippen molar-refractivity contribution in [2.24, 2.45) is 0 Å². The lowest BCUT2D eigenvalue weighted by Gasteiger charge is -2.22. The summed E-state index contributed by atoms with van der Waals surface area (Å²) in [5, 5.41) is 5.41. The molecular weight excluding hydrogens is 304 g/mol. The highest BCUT2D eigenvalue weighted by atomic mass is 16.7. The molecule has 1 rings (SSSR count). The molecule has 1 aliphatic heterocycles. The van der Waals surface area contributed by atoms with Gasteiger partial charge in [-0.25, -0.2) is 9.59 Å². The van der Waals surface area contributed by atoms with Crippen LogP contribution in [-0.4, -0.2) is 49.6 Å². The Morgan fingerprint density at radius 1 is 1.17 bits per heavy atom. The van der Waals surface area contributed by atoms with E-state index in [1.54, 1.807) is 0 Å². The summed E-state index contributed by atoms with van der Waals surface area (Å²) < 4.78 is 14.5. The molecule has 0 aromatic rings. The van der Waals surface area contributed by atoms with Crippen LogP contribution < -0.4 is 10.6 Å². The lowest BCUT2D eigenvalue weighted by atomic mass is 10.2. The second kappa shape index (κ2) is 9.22. The number of ether oxygens (including phenoxy) is 3. The van der Waals surface area contributed by atoms with Crippen LogP contribution in [-0.2, 0) is 19.0 Å². The molecule has 0 aliphatic carbocycles. The predicted molar refractivity (Wildman–Crippen MR) is 81.9 cm³/mol. The van der Waals surface area contributed by atoms with Gasteiger partial charge < -0.3 is 24.8 Å². The third-order valence-electron chi connectivity index (χ3n) is 2.92. The molecule has 132 valence electrons. The Morgan fingerprint density at radius 3 is 2.43 bits per heavy atom. The zero-order valence-electron chi connectivity index (χ0n) is 14.0. The molecule has 1 aliphatic rings. The van der Waals surface area contributed by atoms with Crippen LogP contribution in [0, 0.1) is 0 Å². The van der Waals surface area contributed by atoms with Gasteiger partial charge in [-0.15, -0.1) is 0 Å². The molecule has 0 bridgehead atoms. The standard InChI is InChI=1S/C15H26N2O6/c1-15(2,3)23-13(19)16-8-6-4-5-7-12(18)17-11-9-21-14(20)22-10-11/h11H,4-10H2,1-3H3,(H,16,19)(H,17,18). The molecule has 23 heavy (non-hydrogen) atoms. The molecule has 0 atom stereocenters. The van der Waals surface area contributed by atoms with Crippen LogP contribution in [0.3, 0.4) is 0 Å². The molecule has 1 fully saturated rings. The van der Waals surface area contributed by atoms with E-state index < -0.39 is 17.8 Å². The second-order valence-corrected chi connectivity index (χ2v) is 6.38. The molecule has 0 radical (unpaired) electrons. The van der Waals surface area contributed by atoms with Gasteiger partial charge in [-0.05, 0) is 33.6 Å². The fourth-order valence-corrected chi connectivity index (χ4v) is 1.90. The maximum absolute atomic E-state index is 11.7. The fraction of sp³-hybridized carbons (Fsp3) is 0.800. The van der Waals surface area contributed by atoms with Gasteiger partial charge in [0.15, 0.2) is 0 Å². The molecule has 8 nitrogen and oxygen atoms in total. The number of unbranched alkanes of at least 4 members (excludes halogenated alkanes) is 2. The largest absolute Gasteiger partial charge is 0.508 e. The number of nitrogens with one attached hydrogen (secondary N) is 2. The molecule has 8 heteroatoms. The van der Waals surface area contributed by atoms with Crippen LogP contribution in [0.1, 0.15) is 46.5 Å². The van der Waals surface area contributed by atoms with Crippen molar-refractivity contribution in [3.05, 3.63) is 0 Å². The third-order valence-corrected chi connectivity index (χ3v) is 2.92. The highest BCUT2D eigenvalue weighted by Crippen LogP contribution is 2.07. The minimum Gasteiger partial charge on any atom is -0.444 e. The first-order valence-electron chi connectivity index (χ1n) is 7.82. The summed E-state index contributed by atoms with van der Waals surface area (Å²) in [6.07, 6.45) is 1.57. The maximum atomic E-state index is 11.7. The SMILES string of the molecule is CC(C)(C)OC(=O)NCCCCCC(=O)NC1COC(=O)OC1. The van der Waals surface area contributed by atoms with Crippen LogP contribution in [0.2, 0.25) is 0 Å². The summed E-state index contributed by atoms with van der Waals surface area (Å²) >= 11 is 0. The average Bonchev–Trinajstić information content (AvgIpc) is 2.43. The number of hydrogen-bond donors (Lipinski definition) is 2. The van der Waals surface area contributed by atoms with Gasteiger partial charge in [-0.3, -0.25) is 4.79 Å². The highest BCUT2D eigenvalue weighted by molar-refractivity contribution is 5.76. The molecule has 2 N–H and O–H groups in total. The van der Waals surface area contributed by atoms with Crippen LogP contribution in [0.5, 0.6) is 0 Å². The van der Waals surface area contributed by atoms with Crippen LogP contribution in [0.4, 0.5) is 9.59 Å². The van der Waals surface area contributed by atoms with Gasteiger partial charge in [0.2, 0.25) is 5.91 Å². The number of carbonyl (C=O) groups excluding carboxylic acids is 3. The van der Waals surface area contributed by atoms with Gasteiger partial charge >= 0.3 is 12.2 Å². The van der Waals surface area contributed by atoms with E-state index in [1.165, 1.54) is 0 Å². The Hall–Kier alpha value is -1.99. The van der Waals surface area contributed by atoms with Crippen molar-refractivity contribution in [2.75, 3.05) is 19.8 Å². The van der Waals surface area contributed by atoms with Crippen molar-refractivity contribution in [1.82, 2.24) is 10.6 Å². The first kappa shape index (κ1) is 19.1. The van der Waals surface area contributed by atoms with Gasteiger partial charge in [0.05, 0.1) is 6.04 Å². The first-order chi connectivity index (χ1) is 10.8. The smallest absolute Gasteiger partial charge is 0.444 e. The minimum atomic E-state index is -0.701. The molecule has 1 saturated heterocycles. The number of rotatable bonds is 7. The number of hydrogen-bond acceptors (Lipinski definition) is 6. The second-order valence-electron chi connectivity index (χ2n) is 6.38. The number of carbonyl (C=O) groups is 3. The minimum absolute atomic E-state index is 0.100. The lowest BCUT2D eigenvalue weighted by molar-refractivity contribution is -0.123. The molecule has 2 amide bonds.